The van der Waals surface area contributed by atoms with Crippen LogP contribution in [0, 0.1) is 5.92 Å². The van der Waals surface area contributed by atoms with Gasteiger partial charge in [0.25, 0.3) is 0 Å². The monoisotopic (exact) mass is 296 g/mol. The molecule has 2 unspecified atom stereocenters. The molecule has 3 N–H and O–H groups in total. The van der Waals surface area contributed by atoms with Crippen molar-refractivity contribution in [2.75, 3.05) is 18.1 Å². The van der Waals surface area contributed by atoms with E-state index in [1.807, 2.05) is 30.3 Å². The molecule has 1 heterocycles. The first-order chi connectivity index (χ1) is 9.50. The number of amides is 1. The Kier molecular flexibility index (Phi) is 4.77. The van der Waals surface area contributed by atoms with Crippen molar-refractivity contribution in [2.24, 2.45) is 11.7 Å². The summed E-state index contributed by atoms with van der Waals surface area (Å²) in [4.78, 5) is 12.1. The fraction of sp³-hybridized carbons (Fsp3) is 0.500. The molecule has 110 valence electrons. The summed E-state index contributed by atoms with van der Waals surface area (Å²) >= 11 is 0. The van der Waals surface area contributed by atoms with Crippen molar-refractivity contribution < 1.29 is 13.2 Å². The van der Waals surface area contributed by atoms with Crippen molar-refractivity contribution in [1.82, 2.24) is 5.32 Å². The van der Waals surface area contributed by atoms with Gasteiger partial charge in [-0.1, -0.05) is 30.3 Å². The lowest BCUT2D eigenvalue weighted by Gasteiger charge is -2.19. The standard InChI is InChI=1S/C14H20N2O3S/c15-9-13(8-11-4-2-1-3-5-11)16-14(17)12-6-7-20(18,19)10-12/h1-5,12-13H,6-10,15H2,(H,16,17). The van der Waals surface area contributed by atoms with E-state index in [4.69, 9.17) is 5.73 Å². The first-order valence-corrected chi connectivity index (χ1v) is 8.57. The van der Waals surface area contributed by atoms with Crippen LogP contribution in [0.4, 0.5) is 0 Å². The Hall–Kier alpha value is -1.40. The second-order valence-corrected chi connectivity index (χ2v) is 7.46. The van der Waals surface area contributed by atoms with Gasteiger partial charge in [0, 0.05) is 12.6 Å². The molecule has 0 spiro atoms. The zero-order valence-corrected chi connectivity index (χ0v) is 12.1. The number of hydrogen-bond donors (Lipinski definition) is 2. The van der Waals surface area contributed by atoms with Crippen LogP contribution in [0.1, 0.15) is 12.0 Å². The molecule has 0 aromatic heterocycles. The lowest BCUT2D eigenvalue weighted by atomic mass is 10.0. The maximum absolute atomic E-state index is 12.1. The first kappa shape index (κ1) is 15.0. The zero-order valence-electron chi connectivity index (χ0n) is 11.3. The summed E-state index contributed by atoms with van der Waals surface area (Å²) in [5.41, 5.74) is 6.79. The second kappa shape index (κ2) is 6.37. The van der Waals surface area contributed by atoms with Gasteiger partial charge in [-0.2, -0.15) is 0 Å². The highest BCUT2D eigenvalue weighted by atomic mass is 32.2. The zero-order chi connectivity index (χ0) is 14.6. The van der Waals surface area contributed by atoms with E-state index in [0.717, 1.165) is 5.56 Å². The van der Waals surface area contributed by atoms with Crippen LogP contribution in [-0.2, 0) is 21.1 Å². The van der Waals surface area contributed by atoms with Crippen molar-refractivity contribution in [2.45, 2.75) is 18.9 Å². The largest absolute Gasteiger partial charge is 0.351 e. The molecule has 1 saturated heterocycles. The fourth-order valence-corrected chi connectivity index (χ4v) is 4.15. The van der Waals surface area contributed by atoms with Gasteiger partial charge in [0.05, 0.1) is 17.4 Å². The van der Waals surface area contributed by atoms with Gasteiger partial charge in [-0.3, -0.25) is 4.79 Å². The maximum Gasteiger partial charge on any atom is 0.224 e. The van der Waals surface area contributed by atoms with Gasteiger partial charge in [-0.25, -0.2) is 8.42 Å². The van der Waals surface area contributed by atoms with Gasteiger partial charge in [0.2, 0.25) is 5.91 Å². The van der Waals surface area contributed by atoms with Crippen molar-refractivity contribution in [3.8, 4) is 0 Å². The summed E-state index contributed by atoms with van der Waals surface area (Å²) < 4.78 is 22.8. The molecule has 1 fully saturated rings. The Morgan fingerprint density at radius 2 is 2.05 bits per heavy atom. The number of nitrogens with two attached hydrogens (primary N) is 1. The molecule has 0 aliphatic carbocycles. The lowest BCUT2D eigenvalue weighted by Crippen LogP contribution is -2.44. The minimum absolute atomic E-state index is 0.0402. The van der Waals surface area contributed by atoms with E-state index in [1.165, 1.54) is 0 Å². The van der Waals surface area contributed by atoms with Crippen molar-refractivity contribution >= 4 is 15.7 Å². The van der Waals surface area contributed by atoms with E-state index in [2.05, 4.69) is 5.32 Å². The Bertz CT molecular complexity index is 557. The highest BCUT2D eigenvalue weighted by Gasteiger charge is 2.33. The molecule has 1 aliphatic rings. The van der Waals surface area contributed by atoms with E-state index in [-0.39, 0.29) is 23.5 Å². The van der Waals surface area contributed by atoms with Gasteiger partial charge in [0.15, 0.2) is 9.84 Å². The summed E-state index contributed by atoms with van der Waals surface area (Å²) in [6.45, 7) is 0.333. The molecule has 1 aliphatic heterocycles. The quantitative estimate of drug-likeness (QED) is 0.807. The maximum atomic E-state index is 12.1. The van der Waals surface area contributed by atoms with Crippen LogP contribution in [0.2, 0.25) is 0 Å². The van der Waals surface area contributed by atoms with Gasteiger partial charge >= 0.3 is 0 Å². The number of sulfone groups is 1. The Labute approximate surface area is 119 Å². The minimum Gasteiger partial charge on any atom is -0.351 e. The van der Waals surface area contributed by atoms with E-state index in [9.17, 15) is 13.2 Å². The molecule has 1 aromatic rings. The molecular weight excluding hydrogens is 276 g/mol. The smallest absolute Gasteiger partial charge is 0.224 e. The summed E-state index contributed by atoms with van der Waals surface area (Å²) in [6, 6.07) is 9.61. The number of carbonyl (C=O) groups is 1. The average Bonchev–Trinajstić information content (AvgIpc) is 2.79. The van der Waals surface area contributed by atoms with Crippen LogP contribution in [-0.4, -0.2) is 38.4 Å². The van der Waals surface area contributed by atoms with Crippen LogP contribution in [0.5, 0.6) is 0 Å². The van der Waals surface area contributed by atoms with Crippen molar-refractivity contribution in [1.29, 1.82) is 0 Å². The lowest BCUT2D eigenvalue weighted by molar-refractivity contribution is -0.124. The molecule has 6 heteroatoms. The van der Waals surface area contributed by atoms with Crippen LogP contribution < -0.4 is 11.1 Å². The molecule has 2 atom stereocenters. The second-order valence-electron chi connectivity index (χ2n) is 5.23. The number of carbonyl (C=O) groups excluding carboxylic acids is 1. The van der Waals surface area contributed by atoms with Crippen LogP contribution in [0.3, 0.4) is 0 Å². The SMILES string of the molecule is NCC(Cc1ccccc1)NC(=O)C1CCS(=O)(=O)C1. The summed E-state index contributed by atoms with van der Waals surface area (Å²) in [6.07, 6.45) is 1.07. The number of nitrogens with one attached hydrogen (secondary N) is 1. The van der Waals surface area contributed by atoms with Crippen LogP contribution in [0.15, 0.2) is 30.3 Å². The molecule has 0 radical (unpaired) electrons. The molecule has 1 amide bonds. The van der Waals surface area contributed by atoms with Crippen LogP contribution >= 0.6 is 0 Å². The third-order valence-corrected chi connectivity index (χ3v) is 5.33. The van der Waals surface area contributed by atoms with Gasteiger partial charge in [-0.05, 0) is 18.4 Å². The highest BCUT2D eigenvalue weighted by Crippen LogP contribution is 2.18. The molecule has 0 bridgehead atoms. The van der Waals surface area contributed by atoms with Gasteiger partial charge < -0.3 is 11.1 Å². The predicted molar refractivity (Wildman–Crippen MR) is 77.9 cm³/mol. The van der Waals surface area contributed by atoms with Crippen molar-refractivity contribution in [3.05, 3.63) is 35.9 Å². The first-order valence-electron chi connectivity index (χ1n) is 6.75. The summed E-state index contributed by atoms with van der Waals surface area (Å²) in [5.74, 6) is -0.555. The van der Waals surface area contributed by atoms with Gasteiger partial charge in [0.1, 0.15) is 0 Å². The Balaban J connectivity index is 1.92. The summed E-state index contributed by atoms with van der Waals surface area (Å²) in [5, 5.41) is 2.87. The van der Waals surface area contributed by atoms with E-state index in [1.54, 1.807) is 0 Å². The third kappa shape index (κ3) is 4.05. The fourth-order valence-electron chi connectivity index (χ4n) is 2.41. The highest BCUT2D eigenvalue weighted by molar-refractivity contribution is 7.91. The topological polar surface area (TPSA) is 89.3 Å². The van der Waals surface area contributed by atoms with E-state index in [0.29, 0.717) is 19.4 Å². The molecule has 1 aromatic carbocycles. The molecule has 2 rings (SSSR count). The number of hydrogen-bond acceptors (Lipinski definition) is 4. The summed E-state index contributed by atoms with van der Waals surface area (Å²) in [7, 11) is -3.03. The molecule has 5 nitrogen and oxygen atoms in total. The number of benzene rings is 1. The normalized spacial score (nSPS) is 22.4. The van der Waals surface area contributed by atoms with Crippen molar-refractivity contribution in [3.63, 3.8) is 0 Å². The molecular formula is C14H20N2O3S. The molecule has 0 saturated carbocycles. The Morgan fingerprint density at radius 3 is 2.60 bits per heavy atom. The number of rotatable bonds is 5. The van der Waals surface area contributed by atoms with Crippen LogP contribution in [0.25, 0.3) is 0 Å². The van der Waals surface area contributed by atoms with Gasteiger partial charge in [-0.15, -0.1) is 0 Å². The minimum atomic E-state index is -3.03. The molecule has 20 heavy (non-hydrogen) atoms. The van der Waals surface area contributed by atoms with E-state index < -0.39 is 15.8 Å². The third-order valence-electron chi connectivity index (χ3n) is 3.56. The Morgan fingerprint density at radius 1 is 1.35 bits per heavy atom. The predicted octanol–water partition coefficient (Wildman–Crippen LogP) is 0.107. The average molecular weight is 296 g/mol. The van der Waals surface area contributed by atoms with E-state index >= 15 is 0 Å².